The molecular formula is C36H41F3N8O2S. The number of aliphatic imine (C=N–C) groups is 1. The number of ether oxygens (including phenoxy) is 2. The fraction of sp³-hybridized carbons (Fsp3) is 0.528. The van der Waals surface area contributed by atoms with Gasteiger partial charge in [-0.2, -0.15) is 15.2 Å². The van der Waals surface area contributed by atoms with Crippen LogP contribution in [0.15, 0.2) is 17.3 Å². The van der Waals surface area contributed by atoms with Crippen LogP contribution in [0.2, 0.25) is 0 Å². The number of likely N-dealkylation sites (N-methyl/N-ethyl adjacent to an activating group) is 2. The fourth-order valence-corrected chi connectivity index (χ4v) is 8.38. The minimum Gasteiger partial charge on any atom is -0.463 e. The number of nitrogens with zero attached hydrogens (tertiary/aromatic N) is 8. The third-order valence-corrected chi connectivity index (χ3v) is 12.0. The van der Waals surface area contributed by atoms with Gasteiger partial charge < -0.3 is 19.3 Å². The molecule has 7 rings (SSSR count). The van der Waals surface area contributed by atoms with E-state index in [0.29, 0.717) is 37.0 Å². The van der Waals surface area contributed by atoms with E-state index < -0.39 is 23.1 Å². The number of rotatable bonds is 11. The molecule has 50 heavy (non-hydrogen) atoms. The first-order valence-corrected chi connectivity index (χ1v) is 17.8. The molecule has 0 N–H and O–H groups in total. The fourth-order valence-electron chi connectivity index (χ4n) is 7.41. The predicted octanol–water partition coefficient (Wildman–Crippen LogP) is 6.72. The molecule has 4 aromatic rings. The number of thiophene rings is 1. The van der Waals surface area contributed by atoms with E-state index in [-0.39, 0.29) is 60.8 Å². The number of benzene rings is 1. The summed E-state index contributed by atoms with van der Waals surface area (Å²) in [4.78, 5) is 24.2. The van der Waals surface area contributed by atoms with E-state index in [4.69, 9.17) is 14.5 Å². The van der Waals surface area contributed by atoms with Gasteiger partial charge in [-0.1, -0.05) is 0 Å². The zero-order valence-electron chi connectivity index (χ0n) is 29.0. The summed E-state index contributed by atoms with van der Waals surface area (Å²) in [5.74, 6) is -2.44. The first-order valence-electron chi connectivity index (χ1n) is 16.9. The standard InChI is InChI=1S/C36H41F3N8O2S/c1-20-16-48-21(2)15-47(20)17-35(10-11-35)19-49-34-43-29-23(32(44-34)46(6)18-36(45(4)5)8-7-9-36)14-42-30(28(29)39)27-24(37)12-25(38)31-26(27)22(13-40)33(41-3)50-31/h12,14,20-21H,3,7-11,15-19H2,1-2,4-6H3/t20-,21+/m0/s1. The molecule has 2 aliphatic carbocycles. The van der Waals surface area contributed by atoms with E-state index in [0.717, 1.165) is 56.5 Å². The van der Waals surface area contributed by atoms with Gasteiger partial charge in [-0.3, -0.25) is 14.9 Å². The van der Waals surface area contributed by atoms with Crippen LogP contribution in [-0.2, 0) is 4.74 Å². The highest BCUT2D eigenvalue weighted by atomic mass is 32.1. The number of morpholine rings is 1. The Kier molecular flexibility index (Phi) is 8.99. The lowest BCUT2D eigenvalue weighted by Gasteiger charge is -2.49. The van der Waals surface area contributed by atoms with Gasteiger partial charge in [-0.15, -0.1) is 11.3 Å². The van der Waals surface area contributed by atoms with Crippen molar-refractivity contribution in [3.8, 4) is 23.3 Å². The summed E-state index contributed by atoms with van der Waals surface area (Å²) < 4.78 is 59.7. The number of pyridine rings is 1. The Balaban J connectivity index is 1.32. The van der Waals surface area contributed by atoms with Crippen molar-refractivity contribution < 1.29 is 22.6 Å². The first kappa shape index (κ1) is 34.5. The SMILES string of the molecule is C=Nc1sc2c(F)cc(F)c(-c3ncc4c(N(C)CC5(N(C)C)CCC5)nc(OCC5(CN6C[C@@H](C)OC[C@@H]6C)CC5)nc4c3F)c2c1C#N. The molecule has 0 unspecified atom stereocenters. The van der Waals surface area contributed by atoms with Gasteiger partial charge in [0.25, 0.3) is 0 Å². The summed E-state index contributed by atoms with van der Waals surface area (Å²) >= 11 is 0.843. The Morgan fingerprint density at radius 2 is 1.92 bits per heavy atom. The quantitative estimate of drug-likeness (QED) is 0.157. The Labute approximate surface area is 293 Å². The highest BCUT2D eigenvalue weighted by Gasteiger charge is 2.46. The zero-order chi connectivity index (χ0) is 35.5. The lowest BCUT2D eigenvalue weighted by atomic mass is 9.75. The van der Waals surface area contributed by atoms with Crippen LogP contribution in [0.1, 0.15) is 51.5 Å². The summed E-state index contributed by atoms with van der Waals surface area (Å²) in [6.45, 7) is 11.1. The number of fused-ring (bicyclic) bond motifs is 2. The molecule has 0 amide bonds. The van der Waals surface area contributed by atoms with Gasteiger partial charge in [0.2, 0.25) is 0 Å². The summed E-state index contributed by atoms with van der Waals surface area (Å²) in [6, 6.07) is 2.93. The van der Waals surface area contributed by atoms with Gasteiger partial charge >= 0.3 is 6.01 Å². The summed E-state index contributed by atoms with van der Waals surface area (Å²) in [5, 5.41) is 10.3. The molecule has 4 heterocycles. The molecule has 3 aromatic heterocycles. The number of aromatic nitrogens is 3. The minimum absolute atomic E-state index is 0.00805. The maximum absolute atomic E-state index is 16.9. The highest BCUT2D eigenvalue weighted by molar-refractivity contribution is 7.23. The molecule has 264 valence electrons. The molecule has 1 aliphatic heterocycles. The van der Waals surface area contributed by atoms with Gasteiger partial charge in [0.1, 0.15) is 39.7 Å². The van der Waals surface area contributed by atoms with E-state index in [1.54, 1.807) is 0 Å². The van der Waals surface area contributed by atoms with Crippen LogP contribution in [0.4, 0.5) is 24.0 Å². The molecule has 0 radical (unpaired) electrons. The third-order valence-electron chi connectivity index (χ3n) is 10.9. The Hall–Kier alpha value is -3.90. The lowest BCUT2D eigenvalue weighted by Crippen LogP contribution is -2.56. The van der Waals surface area contributed by atoms with Crippen LogP contribution in [0, 0.1) is 34.2 Å². The molecule has 3 aliphatic rings. The number of nitriles is 1. The van der Waals surface area contributed by atoms with Gasteiger partial charge in [-0.25, -0.2) is 13.2 Å². The van der Waals surface area contributed by atoms with Crippen LogP contribution in [0.5, 0.6) is 6.01 Å². The van der Waals surface area contributed by atoms with Crippen LogP contribution in [0.25, 0.3) is 32.2 Å². The first-order chi connectivity index (χ1) is 23.9. The second-order valence-corrected chi connectivity index (χ2v) is 15.5. The molecule has 0 bridgehead atoms. The third kappa shape index (κ3) is 5.97. The molecule has 1 aromatic carbocycles. The van der Waals surface area contributed by atoms with Crippen molar-refractivity contribution in [3.05, 3.63) is 35.3 Å². The summed E-state index contributed by atoms with van der Waals surface area (Å²) in [7, 11) is 6.02. The maximum Gasteiger partial charge on any atom is 0.319 e. The van der Waals surface area contributed by atoms with Gasteiger partial charge in [0.05, 0.1) is 35.0 Å². The van der Waals surface area contributed by atoms with Crippen LogP contribution in [0.3, 0.4) is 0 Å². The smallest absolute Gasteiger partial charge is 0.319 e. The molecule has 0 spiro atoms. The second kappa shape index (κ2) is 13.0. The zero-order valence-corrected chi connectivity index (χ0v) is 29.8. The van der Waals surface area contributed by atoms with Crippen molar-refractivity contribution in [3.63, 3.8) is 0 Å². The topological polar surface area (TPSA) is 103 Å². The largest absolute Gasteiger partial charge is 0.463 e. The van der Waals surface area contributed by atoms with E-state index in [2.05, 4.69) is 59.4 Å². The summed E-state index contributed by atoms with van der Waals surface area (Å²) in [5.41, 5.74) is -1.11. The summed E-state index contributed by atoms with van der Waals surface area (Å²) in [6.07, 6.45) is 6.68. The molecular weight excluding hydrogens is 666 g/mol. The van der Waals surface area contributed by atoms with Crippen molar-refractivity contribution in [1.82, 2.24) is 24.8 Å². The molecule has 2 saturated carbocycles. The minimum atomic E-state index is -1.06. The van der Waals surface area contributed by atoms with Crippen molar-refractivity contribution in [2.75, 3.05) is 58.9 Å². The van der Waals surface area contributed by atoms with Crippen molar-refractivity contribution in [1.29, 1.82) is 5.26 Å². The Morgan fingerprint density at radius 1 is 1.16 bits per heavy atom. The van der Waals surface area contributed by atoms with Gasteiger partial charge in [0.15, 0.2) is 5.82 Å². The number of halogens is 3. The van der Waals surface area contributed by atoms with E-state index in [9.17, 15) is 9.65 Å². The number of hydrogen-bond acceptors (Lipinski definition) is 11. The Bertz CT molecular complexity index is 2020. The lowest BCUT2D eigenvalue weighted by molar-refractivity contribution is -0.0580. The van der Waals surface area contributed by atoms with Gasteiger partial charge in [0, 0.05) is 66.9 Å². The Morgan fingerprint density at radius 3 is 2.56 bits per heavy atom. The van der Waals surface area contributed by atoms with Crippen LogP contribution < -0.4 is 9.64 Å². The van der Waals surface area contributed by atoms with Crippen molar-refractivity contribution in [2.24, 2.45) is 10.4 Å². The molecule has 14 heteroatoms. The van der Waals surface area contributed by atoms with E-state index >= 15 is 8.78 Å². The van der Waals surface area contributed by atoms with Crippen LogP contribution in [-0.4, -0.2) is 103 Å². The molecule has 1 saturated heterocycles. The van der Waals surface area contributed by atoms with E-state index in [1.807, 2.05) is 18.0 Å². The number of anilines is 1. The highest BCUT2D eigenvalue weighted by Crippen LogP contribution is 2.48. The van der Waals surface area contributed by atoms with E-state index in [1.165, 1.54) is 6.20 Å². The monoisotopic (exact) mass is 706 g/mol. The van der Waals surface area contributed by atoms with Gasteiger partial charge in [-0.05, 0) is 66.8 Å². The van der Waals surface area contributed by atoms with Crippen molar-refractivity contribution in [2.45, 2.75) is 63.6 Å². The number of hydrogen-bond donors (Lipinski definition) is 0. The van der Waals surface area contributed by atoms with Crippen molar-refractivity contribution >= 4 is 49.9 Å². The normalized spacial score (nSPS) is 21.3. The maximum atomic E-state index is 16.9. The molecule has 10 nitrogen and oxygen atoms in total. The second-order valence-electron chi connectivity index (χ2n) is 14.5. The molecule has 2 atom stereocenters. The predicted molar refractivity (Wildman–Crippen MR) is 189 cm³/mol. The average Bonchev–Trinajstić information content (AvgIpc) is 3.73. The molecule has 3 fully saturated rings. The average molecular weight is 707 g/mol. The van der Waals surface area contributed by atoms with Crippen LogP contribution >= 0.6 is 11.3 Å².